The van der Waals surface area contributed by atoms with Crippen molar-refractivity contribution in [3.63, 3.8) is 0 Å². The third-order valence-electron chi connectivity index (χ3n) is 6.99. The van der Waals surface area contributed by atoms with E-state index in [0.29, 0.717) is 18.0 Å². The zero-order chi connectivity index (χ0) is 30.2. The molecule has 9 heteroatoms. The molecule has 0 saturated carbocycles. The fourth-order valence-corrected chi connectivity index (χ4v) is 6.00. The molecule has 0 aliphatic carbocycles. The van der Waals surface area contributed by atoms with E-state index < -0.39 is 28.5 Å². The van der Waals surface area contributed by atoms with Gasteiger partial charge < -0.3 is 15.0 Å². The van der Waals surface area contributed by atoms with Gasteiger partial charge in [-0.1, -0.05) is 60.9 Å². The third-order valence-corrected chi connectivity index (χ3v) is 8.77. The van der Waals surface area contributed by atoms with Gasteiger partial charge in [0.05, 0.1) is 17.7 Å². The Balaban J connectivity index is 2.04. The van der Waals surface area contributed by atoms with Crippen molar-refractivity contribution in [1.82, 2.24) is 10.2 Å². The molecule has 0 saturated heterocycles. The minimum absolute atomic E-state index is 0.0839. The van der Waals surface area contributed by atoms with Gasteiger partial charge in [0.15, 0.2) is 0 Å². The maximum atomic E-state index is 14.1. The first-order chi connectivity index (χ1) is 19.5. The minimum Gasteiger partial charge on any atom is -0.497 e. The fraction of sp³-hybridized carbons (Fsp3) is 0.375. The van der Waals surface area contributed by atoms with E-state index in [4.69, 9.17) is 4.74 Å². The van der Waals surface area contributed by atoms with E-state index in [1.165, 1.54) is 4.90 Å². The molecule has 3 aromatic carbocycles. The van der Waals surface area contributed by atoms with Crippen molar-refractivity contribution in [2.45, 2.75) is 64.9 Å². The van der Waals surface area contributed by atoms with Gasteiger partial charge in [0.25, 0.3) is 10.0 Å². The molecule has 1 N–H and O–H groups in total. The smallest absolute Gasteiger partial charge is 0.264 e. The van der Waals surface area contributed by atoms with Crippen molar-refractivity contribution in [3.05, 3.63) is 89.0 Å². The number of benzene rings is 3. The summed E-state index contributed by atoms with van der Waals surface area (Å²) < 4.78 is 34.5. The standard InChI is InChI=1S/C32H41N3O5S/c1-7-8-18-33-32(37)26(5)34(21-27-10-9-11-28(20-27)40-6)31(36)22-35(30-17-14-24(3)19-25(30)4)41(38,39)29-15-12-23(2)13-16-29/h9-17,19-20,26H,7-8,18,21-22H2,1-6H3,(H,33,37)/t26-/m1/s1. The first kappa shape index (κ1) is 31.7. The number of aryl methyl sites for hydroxylation is 3. The second-order valence-electron chi connectivity index (χ2n) is 10.3. The predicted molar refractivity (Wildman–Crippen MR) is 163 cm³/mol. The van der Waals surface area contributed by atoms with Crippen LogP contribution < -0.4 is 14.4 Å². The first-order valence-corrected chi connectivity index (χ1v) is 15.3. The Kier molecular flexibility index (Phi) is 10.9. The monoisotopic (exact) mass is 579 g/mol. The van der Waals surface area contributed by atoms with Gasteiger partial charge in [0.1, 0.15) is 18.3 Å². The van der Waals surface area contributed by atoms with Crippen LogP contribution in [0.3, 0.4) is 0 Å². The highest BCUT2D eigenvalue weighted by atomic mass is 32.2. The Labute approximate surface area is 244 Å². The van der Waals surface area contributed by atoms with Crippen LogP contribution >= 0.6 is 0 Å². The number of carbonyl (C=O) groups excluding carboxylic acids is 2. The number of anilines is 1. The number of nitrogens with zero attached hydrogens (tertiary/aromatic N) is 2. The van der Waals surface area contributed by atoms with Gasteiger partial charge in [-0.3, -0.25) is 13.9 Å². The molecule has 0 radical (unpaired) electrons. The number of rotatable bonds is 13. The van der Waals surface area contributed by atoms with E-state index in [9.17, 15) is 18.0 Å². The summed E-state index contributed by atoms with van der Waals surface area (Å²) in [5.41, 5.74) is 3.78. The number of ether oxygens (including phenoxy) is 1. The van der Waals surface area contributed by atoms with Gasteiger partial charge in [0.2, 0.25) is 11.8 Å². The Morgan fingerprint density at radius 2 is 1.63 bits per heavy atom. The maximum absolute atomic E-state index is 14.1. The van der Waals surface area contributed by atoms with E-state index in [1.54, 1.807) is 56.5 Å². The molecule has 220 valence electrons. The lowest BCUT2D eigenvalue weighted by atomic mass is 10.1. The van der Waals surface area contributed by atoms with Crippen molar-refractivity contribution in [1.29, 1.82) is 0 Å². The molecule has 3 aromatic rings. The van der Waals surface area contributed by atoms with Gasteiger partial charge in [-0.2, -0.15) is 0 Å². The third kappa shape index (κ3) is 8.10. The van der Waals surface area contributed by atoms with Crippen LogP contribution in [0.15, 0.2) is 71.6 Å². The van der Waals surface area contributed by atoms with Crippen LogP contribution in [-0.2, 0) is 26.2 Å². The molecule has 2 amide bonds. The lowest BCUT2D eigenvalue weighted by Crippen LogP contribution is -2.51. The number of hydrogen-bond donors (Lipinski definition) is 1. The van der Waals surface area contributed by atoms with E-state index in [0.717, 1.165) is 39.4 Å². The Morgan fingerprint density at radius 1 is 0.951 bits per heavy atom. The van der Waals surface area contributed by atoms with Gasteiger partial charge >= 0.3 is 0 Å². The van der Waals surface area contributed by atoms with E-state index >= 15 is 0 Å². The highest BCUT2D eigenvalue weighted by molar-refractivity contribution is 7.92. The topological polar surface area (TPSA) is 96.0 Å². The molecule has 0 bridgehead atoms. The number of carbonyl (C=O) groups is 2. The molecule has 0 aromatic heterocycles. The van der Waals surface area contributed by atoms with Gasteiger partial charge in [0, 0.05) is 13.1 Å². The molecule has 3 rings (SSSR count). The maximum Gasteiger partial charge on any atom is 0.264 e. The van der Waals surface area contributed by atoms with Crippen molar-refractivity contribution >= 4 is 27.5 Å². The van der Waals surface area contributed by atoms with Crippen LogP contribution in [0.5, 0.6) is 5.75 Å². The number of methoxy groups -OCH3 is 1. The zero-order valence-corrected chi connectivity index (χ0v) is 25.6. The van der Waals surface area contributed by atoms with Crippen LogP contribution in [0.25, 0.3) is 0 Å². The number of nitrogens with one attached hydrogen (secondary N) is 1. The highest BCUT2D eigenvalue weighted by Crippen LogP contribution is 2.28. The quantitative estimate of drug-likeness (QED) is 0.283. The average Bonchev–Trinajstić information content (AvgIpc) is 2.95. The summed E-state index contributed by atoms with van der Waals surface area (Å²) in [7, 11) is -2.56. The second kappa shape index (κ2) is 14.2. The molecular weight excluding hydrogens is 538 g/mol. The molecule has 1 atom stereocenters. The van der Waals surface area contributed by atoms with Crippen LogP contribution in [0, 0.1) is 20.8 Å². The van der Waals surface area contributed by atoms with Gasteiger partial charge in [-0.05, 0) is 75.6 Å². The predicted octanol–water partition coefficient (Wildman–Crippen LogP) is 5.15. The Bertz CT molecular complexity index is 1450. The zero-order valence-electron chi connectivity index (χ0n) is 24.8. The molecule has 0 fully saturated rings. The Morgan fingerprint density at radius 3 is 2.27 bits per heavy atom. The molecule has 0 aliphatic rings. The summed E-state index contributed by atoms with van der Waals surface area (Å²) in [6.07, 6.45) is 1.74. The summed E-state index contributed by atoms with van der Waals surface area (Å²) in [4.78, 5) is 28.7. The van der Waals surface area contributed by atoms with Crippen molar-refractivity contribution in [3.8, 4) is 5.75 Å². The fourth-order valence-electron chi connectivity index (χ4n) is 4.52. The molecule has 41 heavy (non-hydrogen) atoms. The van der Waals surface area contributed by atoms with Crippen LogP contribution in [0.2, 0.25) is 0 Å². The van der Waals surface area contributed by atoms with E-state index in [2.05, 4.69) is 5.32 Å². The summed E-state index contributed by atoms with van der Waals surface area (Å²) >= 11 is 0. The largest absolute Gasteiger partial charge is 0.497 e. The van der Waals surface area contributed by atoms with Crippen molar-refractivity contribution < 1.29 is 22.7 Å². The van der Waals surface area contributed by atoms with Crippen molar-refractivity contribution in [2.75, 3.05) is 24.5 Å². The average molecular weight is 580 g/mol. The molecule has 0 spiro atoms. The number of sulfonamides is 1. The molecule has 0 heterocycles. The first-order valence-electron chi connectivity index (χ1n) is 13.8. The van der Waals surface area contributed by atoms with Crippen molar-refractivity contribution in [2.24, 2.45) is 0 Å². The summed E-state index contributed by atoms with van der Waals surface area (Å²) in [5, 5.41) is 2.90. The second-order valence-corrected chi connectivity index (χ2v) is 12.2. The number of unbranched alkanes of at least 4 members (excludes halogenated alkanes) is 1. The summed E-state index contributed by atoms with van der Waals surface area (Å²) in [6, 6.07) is 18.4. The highest BCUT2D eigenvalue weighted by Gasteiger charge is 2.33. The lowest BCUT2D eigenvalue weighted by molar-refractivity contribution is -0.139. The molecule has 8 nitrogen and oxygen atoms in total. The normalized spacial score (nSPS) is 12.0. The van der Waals surface area contributed by atoms with Crippen LogP contribution in [0.4, 0.5) is 5.69 Å². The van der Waals surface area contributed by atoms with Crippen LogP contribution in [-0.4, -0.2) is 51.4 Å². The van der Waals surface area contributed by atoms with Gasteiger partial charge in [-0.25, -0.2) is 8.42 Å². The summed E-state index contributed by atoms with van der Waals surface area (Å²) in [5.74, 6) is -0.176. The molecular formula is C32H41N3O5S. The lowest BCUT2D eigenvalue weighted by Gasteiger charge is -2.32. The summed E-state index contributed by atoms with van der Waals surface area (Å²) in [6.45, 7) is 9.44. The van der Waals surface area contributed by atoms with Gasteiger partial charge in [-0.15, -0.1) is 0 Å². The van der Waals surface area contributed by atoms with Crippen LogP contribution in [0.1, 0.15) is 48.9 Å². The van der Waals surface area contributed by atoms with E-state index in [1.807, 2.05) is 52.0 Å². The van der Waals surface area contributed by atoms with E-state index in [-0.39, 0.29) is 17.3 Å². The minimum atomic E-state index is -4.12. The molecule has 0 aliphatic heterocycles. The molecule has 0 unspecified atom stereocenters. The number of hydrogen-bond acceptors (Lipinski definition) is 5. The SMILES string of the molecule is CCCCNC(=O)[C@@H](C)N(Cc1cccc(OC)c1)C(=O)CN(c1ccc(C)cc1C)S(=O)(=O)c1ccc(C)cc1. The Hall–Kier alpha value is -3.85. The number of amides is 2.